The van der Waals surface area contributed by atoms with Crippen molar-refractivity contribution in [3.8, 4) is 40.2 Å². The molecule has 10 heteroatoms. The first-order chi connectivity index (χ1) is 63.5. The first-order valence-corrected chi connectivity index (χ1v) is 50.3. The van der Waals surface area contributed by atoms with E-state index in [2.05, 4.69) is 210 Å². The van der Waals surface area contributed by atoms with Crippen molar-refractivity contribution in [3.63, 3.8) is 0 Å². The second kappa shape index (κ2) is 52.9. The quantitative estimate of drug-likeness (QED) is 0.0322. The van der Waals surface area contributed by atoms with Crippen LogP contribution in [0.4, 0.5) is 0 Å². The van der Waals surface area contributed by atoms with Gasteiger partial charge in [0, 0.05) is 22.2 Å². The van der Waals surface area contributed by atoms with Crippen molar-refractivity contribution in [1.29, 1.82) is 0 Å². The molecule has 11 atom stereocenters. The largest absolute Gasteiger partial charge is 0.508 e. The minimum atomic E-state index is -0.293. The molecule has 712 valence electrons. The van der Waals surface area contributed by atoms with Gasteiger partial charge in [-0.2, -0.15) is 0 Å². The number of hydrogen-bond donors (Lipinski definition) is 6. The number of halogens is 1. The minimum Gasteiger partial charge on any atom is -0.508 e. The Kier molecular flexibility index (Phi) is 42.8. The van der Waals surface area contributed by atoms with Crippen molar-refractivity contribution in [1.82, 2.24) is 0 Å². The lowest BCUT2D eigenvalue weighted by molar-refractivity contribution is -0.161. The van der Waals surface area contributed by atoms with Gasteiger partial charge in [-0.05, 0) is 353 Å². The molecule has 0 aliphatic heterocycles. The number of ether oxygens (including phenoxy) is 1. The minimum absolute atomic E-state index is 0.0490. The maximum atomic E-state index is 12.9. The smallest absolute Gasteiger partial charge is 0.317 e. The summed E-state index contributed by atoms with van der Waals surface area (Å²) in [5.41, 5.74) is 15.9. The van der Waals surface area contributed by atoms with Gasteiger partial charge in [0.2, 0.25) is 0 Å². The molecule has 0 aromatic heterocycles. The SMILES string of the molecule is CC1Cc2ccccc2C1C.CC1c2cccc3cccc(c23)C1C.CCC(C)(C)C(=O)Cc1cccc2c(O)cccc12.CCC(C)c1ccc(Cl)cc1.CCC(C)c1ccc(O)cc1.CCC(C)c1ccc(O)cc1.CCC(C)c1ccc(O)cc1.CCC(C)c1ccc(O)cc1.CCC(C)c1ccc(O)cc1.CCC(C)c1ccc(OC(=O)C23CC4CC(CC(C4)C2)C3)cc1. The molecule has 12 aromatic rings. The molecule has 4 fully saturated rings. The van der Waals surface area contributed by atoms with E-state index in [-0.39, 0.29) is 28.3 Å². The Bertz CT molecular complexity index is 4970. The summed E-state index contributed by atoms with van der Waals surface area (Å²) in [5, 5.41) is 60.4. The van der Waals surface area contributed by atoms with Crippen LogP contribution in [0, 0.1) is 34.5 Å². The molecule has 12 aromatic carbocycles. The molecule has 4 saturated carbocycles. The molecule has 9 nitrogen and oxygen atoms in total. The molecule has 0 radical (unpaired) electrons. The second-order valence-electron chi connectivity index (χ2n) is 39.5. The van der Waals surface area contributed by atoms with E-state index in [1.807, 2.05) is 136 Å². The summed E-state index contributed by atoms with van der Waals surface area (Å²) in [6.07, 6.45) is 17.8. The van der Waals surface area contributed by atoms with Crippen molar-refractivity contribution in [2.24, 2.45) is 34.5 Å². The molecular formula is C123H159ClO9. The summed E-state index contributed by atoms with van der Waals surface area (Å²) in [6.45, 7) is 45.9. The molecule has 11 unspecified atom stereocenters. The van der Waals surface area contributed by atoms with Crippen LogP contribution in [0.15, 0.2) is 267 Å². The van der Waals surface area contributed by atoms with Crippen LogP contribution in [0.25, 0.3) is 21.5 Å². The molecule has 0 amide bonds. The number of fused-ring (bicyclic) bond motifs is 2. The Morgan fingerprint density at radius 1 is 0.368 bits per heavy atom. The topological polar surface area (TPSA) is 165 Å². The molecular weight excluding hydrogens is 1660 g/mol. The monoisotopic (exact) mass is 1820 g/mol. The Morgan fingerprint density at radius 3 is 1.02 bits per heavy atom. The highest BCUT2D eigenvalue weighted by molar-refractivity contribution is 6.30. The Balaban J connectivity index is 0.000000184. The highest BCUT2D eigenvalue weighted by Gasteiger charge is 2.56. The Hall–Kier alpha value is -10.6. The van der Waals surface area contributed by atoms with Gasteiger partial charge in [0.25, 0.3) is 0 Å². The molecule has 6 aliphatic rings. The molecule has 6 aliphatic carbocycles. The van der Waals surface area contributed by atoms with Gasteiger partial charge in [0.1, 0.15) is 46.0 Å². The van der Waals surface area contributed by atoms with E-state index >= 15 is 0 Å². The van der Waals surface area contributed by atoms with E-state index in [0.717, 1.165) is 121 Å². The zero-order valence-corrected chi connectivity index (χ0v) is 84.8. The zero-order chi connectivity index (χ0) is 97.2. The first kappa shape index (κ1) is 108. The summed E-state index contributed by atoms with van der Waals surface area (Å²) < 4.78 is 5.83. The van der Waals surface area contributed by atoms with E-state index < -0.39 is 0 Å². The van der Waals surface area contributed by atoms with Crippen LogP contribution in [-0.4, -0.2) is 42.4 Å². The number of carbonyl (C=O) groups is 2. The van der Waals surface area contributed by atoms with E-state index in [4.69, 9.17) is 41.9 Å². The van der Waals surface area contributed by atoms with Gasteiger partial charge in [-0.1, -0.05) is 333 Å². The van der Waals surface area contributed by atoms with Gasteiger partial charge >= 0.3 is 5.97 Å². The molecule has 0 heterocycles. The number of phenolic OH excluding ortho intramolecular Hbond substituents is 6. The maximum absolute atomic E-state index is 12.9. The summed E-state index contributed by atoms with van der Waals surface area (Å²) >= 11 is 5.76. The first-order valence-electron chi connectivity index (χ1n) is 49.9. The fourth-order valence-electron chi connectivity index (χ4n) is 18.7. The van der Waals surface area contributed by atoms with Gasteiger partial charge in [-0.15, -0.1) is 0 Å². The third kappa shape index (κ3) is 31.5. The second-order valence-corrected chi connectivity index (χ2v) is 39.9. The van der Waals surface area contributed by atoms with Crippen LogP contribution in [0.5, 0.6) is 40.2 Å². The summed E-state index contributed by atoms with van der Waals surface area (Å²) in [7, 11) is 0. The standard InChI is InChI=1S/C21H28O2.C17H20O2.C14H14.C11H14.C10H13Cl.5C10H14O/c1-3-14(2)18-4-6-19(7-5-18)23-20(22)21-11-15-8-16(12-21)10-17(9-15)13-21;1-4-17(2,3)16(19)11-12-7-5-9-14-13(12)8-6-10-15(14)18;1-9-10(2)13-8-4-6-11-5-3-7-12(9)14(11)13;1-8-7-10-5-3-4-6-11(10)9(8)2;6*1-3-8(2)9-4-6-10(11)7-5-9/h4-7,14-17H,3,8-13H2,1-2H3;5-10,18H,4,11H2,1-3H3;3-10H,1-2H3;3-6,8-9H,7H2,1-2H3;4-8H,3H2,1-2H3;5*4-8,11H,3H2,1-2H3. The van der Waals surface area contributed by atoms with E-state index in [1.54, 1.807) is 77.9 Å². The van der Waals surface area contributed by atoms with Gasteiger partial charge in [-0.25, -0.2) is 0 Å². The third-order valence-electron chi connectivity index (χ3n) is 29.8. The van der Waals surface area contributed by atoms with Crippen molar-refractivity contribution >= 4 is 44.9 Å². The van der Waals surface area contributed by atoms with Crippen LogP contribution < -0.4 is 4.74 Å². The predicted octanol–water partition coefficient (Wildman–Crippen LogP) is 34.8. The van der Waals surface area contributed by atoms with Gasteiger partial charge < -0.3 is 35.4 Å². The van der Waals surface area contributed by atoms with Crippen molar-refractivity contribution in [2.45, 2.75) is 307 Å². The van der Waals surface area contributed by atoms with Crippen molar-refractivity contribution in [3.05, 3.63) is 339 Å². The number of esters is 1. The molecule has 6 N–H and O–H groups in total. The van der Waals surface area contributed by atoms with Crippen LogP contribution >= 0.6 is 11.6 Å². The van der Waals surface area contributed by atoms with Gasteiger partial charge in [0.05, 0.1) is 5.41 Å². The maximum Gasteiger partial charge on any atom is 0.317 e. The van der Waals surface area contributed by atoms with Crippen LogP contribution in [0.2, 0.25) is 5.02 Å². The lowest BCUT2D eigenvalue weighted by atomic mass is 9.49. The van der Waals surface area contributed by atoms with E-state index in [1.165, 1.54) is 92.9 Å². The van der Waals surface area contributed by atoms with Crippen LogP contribution in [-0.2, 0) is 22.4 Å². The van der Waals surface area contributed by atoms with E-state index in [9.17, 15) is 14.7 Å². The van der Waals surface area contributed by atoms with Gasteiger partial charge in [0.15, 0.2) is 0 Å². The summed E-state index contributed by atoms with van der Waals surface area (Å²) in [4.78, 5) is 25.3. The highest BCUT2D eigenvalue weighted by Crippen LogP contribution is 2.60. The van der Waals surface area contributed by atoms with Crippen LogP contribution in [0.1, 0.15) is 361 Å². The number of carbonyl (C=O) groups excluding carboxylic acids is 2. The summed E-state index contributed by atoms with van der Waals surface area (Å²) in [6, 6.07) is 86.7. The Labute approximate surface area is 805 Å². The number of rotatable bonds is 20. The average molecular weight is 1820 g/mol. The van der Waals surface area contributed by atoms with Crippen molar-refractivity contribution < 1.29 is 45.0 Å². The number of hydrogen-bond acceptors (Lipinski definition) is 9. The molecule has 133 heavy (non-hydrogen) atoms. The highest BCUT2D eigenvalue weighted by atomic mass is 35.5. The average Bonchev–Trinajstić information content (AvgIpc) is 1.74. The van der Waals surface area contributed by atoms with Gasteiger partial charge in [-0.3, -0.25) is 9.59 Å². The lowest BCUT2D eigenvalue weighted by Crippen LogP contribution is -2.51. The number of Topliss-reactive ketones (excluding diaryl/α,β-unsaturated/α-hetero) is 1. The number of aromatic hydroxyl groups is 6. The predicted molar refractivity (Wildman–Crippen MR) is 563 cm³/mol. The fourth-order valence-corrected chi connectivity index (χ4v) is 18.8. The van der Waals surface area contributed by atoms with E-state index in [0.29, 0.717) is 88.4 Å². The fraction of sp³-hybridized carbons (Fsp3) is 0.431. The lowest BCUT2D eigenvalue weighted by Gasteiger charge is -2.55. The Morgan fingerprint density at radius 2 is 0.677 bits per heavy atom. The molecule has 0 saturated heterocycles. The molecule has 18 rings (SSSR count). The normalized spacial score (nSPS) is 19.2. The number of ketones is 1. The molecule has 0 spiro atoms. The number of phenols is 6. The third-order valence-corrected chi connectivity index (χ3v) is 30.0. The summed E-state index contributed by atoms with van der Waals surface area (Å²) in [5.74, 6) is 12.5. The van der Waals surface area contributed by atoms with Crippen molar-refractivity contribution in [2.75, 3.05) is 0 Å². The van der Waals surface area contributed by atoms with Crippen LogP contribution in [0.3, 0.4) is 0 Å². The zero-order valence-electron chi connectivity index (χ0n) is 84.1. The number of benzene rings is 12. The molecule has 4 bridgehead atoms.